The molecule has 4 rings (SSSR count). The molecule has 0 N–H and O–H groups in total. The first-order valence-electron chi connectivity index (χ1n) is 10.4. The fourth-order valence-corrected chi connectivity index (χ4v) is 4.20. The van der Waals surface area contributed by atoms with E-state index >= 15 is 0 Å². The van der Waals surface area contributed by atoms with Gasteiger partial charge in [-0.05, 0) is 30.7 Å². The second-order valence-corrected chi connectivity index (χ2v) is 8.10. The quantitative estimate of drug-likeness (QED) is 0.364. The molecular weight excluding hydrogens is 428 g/mol. The second-order valence-electron chi connectivity index (χ2n) is 7.16. The molecule has 0 saturated heterocycles. The maximum absolute atomic E-state index is 12.5. The number of carbonyl (C=O) groups is 2. The third-order valence-electron chi connectivity index (χ3n) is 4.93. The van der Waals surface area contributed by atoms with E-state index in [9.17, 15) is 9.59 Å². The number of thiazole rings is 1. The molecule has 1 aliphatic rings. The summed E-state index contributed by atoms with van der Waals surface area (Å²) in [7, 11) is 0. The van der Waals surface area contributed by atoms with Gasteiger partial charge in [0.2, 0.25) is 0 Å². The minimum Gasteiger partial charge on any atom is -0.482 e. The van der Waals surface area contributed by atoms with Gasteiger partial charge in [0, 0.05) is 24.0 Å². The lowest BCUT2D eigenvalue weighted by molar-refractivity contribution is -0.144. The standard InChI is InChI=1S/C24H24N2O5S/c1-2-29-10-11-30-24(28)14-26-20-13-18(8-9-21(20)31-15-23(26)27)19-16-32-22(25-19)12-17-6-4-3-5-7-17/h3-9,13,16H,2,10-12,14-15H2,1H3. The number of aromatic nitrogens is 1. The first kappa shape index (κ1) is 22.0. The molecule has 1 amide bonds. The number of benzene rings is 2. The van der Waals surface area contributed by atoms with Gasteiger partial charge in [-0.1, -0.05) is 30.3 Å². The molecule has 8 heteroatoms. The van der Waals surface area contributed by atoms with Crippen LogP contribution < -0.4 is 9.64 Å². The van der Waals surface area contributed by atoms with Crippen molar-refractivity contribution in [2.24, 2.45) is 0 Å². The number of hydrogen-bond acceptors (Lipinski definition) is 7. The van der Waals surface area contributed by atoms with Crippen molar-refractivity contribution in [3.05, 3.63) is 64.5 Å². The van der Waals surface area contributed by atoms with Gasteiger partial charge in [-0.3, -0.25) is 14.5 Å². The topological polar surface area (TPSA) is 78.0 Å². The van der Waals surface area contributed by atoms with Crippen molar-refractivity contribution in [2.75, 3.05) is 37.9 Å². The van der Waals surface area contributed by atoms with Crippen LogP contribution in [0, 0.1) is 0 Å². The fraction of sp³-hybridized carbons (Fsp3) is 0.292. The summed E-state index contributed by atoms with van der Waals surface area (Å²) in [6.45, 7) is 2.61. The van der Waals surface area contributed by atoms with Crippen LogP contribution >= 0.6 is 11.3 Å². The molecule has 2 aromatic carbocycles. The van der Waals surface area contributed by atoms with Crippen LogP contribution in [0.4, 0.5) is 5.69 Å². The molecule has 0 saturated carbocycles. The van der Waals surface area contributed by atoms with Crippen LogP contribution in [-0.2, 0) is 25.5 Å². The molecule has 2 heterocycles. The van der Waals surface area contributed by atoms with E-state index in [1.165, 1.54) is 10.5 Å². The van der Waals surface area contributed by atoms with Crippen molar-refractivity contribution >= 4 is 28.9 Å². The summed E-state index contributed by atoms with van der Waals surface area (Å²) in [4.78, 5) is 30.9. The van der Waals surface area contributed by atoms with Crippen molar-refractivity contribution in [3.8, 4) is 17.0 Å². The molecule has 32 heavy (non-hydrogen) atoms. The lowest BCUT2D eigenvalue weighted by Gasteiger charge is -2.29. The van der Waals surface area contributed by atoms with Crippen LogP contribution in [0.25, 0.3) is 11.3 Å². The van der Waals surface area contributed by atoms with Gasteiger partial charge < -0.3 is 14.2 Å². The SMILES string of the molecule is CCOCCOC(=O)CN1C(=O)COc2ccc(-c3csc(Cc4ccccc4)n3)cc21. The van der Waals surface area contributed by atoms with E-state index < -0.39 is 5.97 Å². The van der Waals surface area contributed by atoms with Gasteiger partial charge in [-0.15, -0.1) is 11.3 Å². The average molecular weight is 453 g/mol. The number of anilines is 1. The molecule has 3 aromatic rings. The summed E-state index contributed by atoms with van der Waals surface area (Å²) in [5.74, 6) is -0.232. The molecule has 0 aliphatic carbocycles. The highest BCUT2D eigenvalue weighted by Gasteiger charge is 2.28. The molecule has 0 bridgehead atoms. The van der Waals surface area contributed by atoms with Crippen LogP contribution in [-0.4, -0.2) is 49.8 Å². The largest absolute Gasteiger partial charge is 0.482 e. The summed E-state index contributed by atoms with van der Waals surface area (Å²) >= 11 is 1.59. The number of fused-ring (bicyclic) bond motifs is 1. The van der Waals surface area contributed by atoms with E-state index in [1.54, 1.807) is 17.4 Å². The Labute approximate surface area is 190 Å². The Morgan fingerprint density at radius 1 is 1.19 bits per heavy atom. The zero-order valence-corrected chi connectivity index (χ0v) is 18.6. The first-order chi connectivity index (χ1) is 15.6. The highest BCUT2D eigenvalue weighted by Crippen LogP contribution is 2.36. The van der Waals surface area contributed by atoms with Crippen LogP contribution in [0.1, 0.15) is 17.5 Å². The second kappa shape index (κ2) is 10.4. The number of carbonyl (C=O) groups excluding carboxylic acids is 2. The van der Waals surface area contributed by atoms with Crippen LogP contribution in [0.5, 0.6) is 5.75 Å². The zero-order chi connectivity index (χ0) is 22.3. The van der Waals surface area contributed by atoms with Crippen molar-refractivity contribution in [2.45, 2.75) is 13.3 Å². The molecule has 7 nitrogen and oxygen atoms in total. The van der Waals surface area contributed by atoms with E-state index in [-0.39, 0.29) is 25.7 Å². The maximum atomic E-state index is 12.5. The molecule has 0 fully saturated rings. The van der Waals surface area contributed by atoms with E-state index in [2.05, 4.69) is 12.1 Å². The number of esters is 1. The van der Waals surface area contributed by atoms with Gasteiger partial charge in [0.15, 0.2) is 6.61 Å². The molecule has 1 aliphatic heterocycles. The number of hydrogen-bond donors (Lipinski definition) is 0. The Hall–Kier alpha value is -3.23. The summed E-state index contributed by atoms with van der Waals surface area (Å²) in [6, 6.07) is 15.7. The summed E-state index contributed by atoms with van der Waals surface area (Å²) < 4.78 is 15.9. The number of amides is 1. The Bertz CT molecular complexity index is 1080. The molecule has 166 valence electrons. The molecule has 0 unspecified atom stereocenters. The zero-order valence-electron chi connectivity index (χ0n) is 17.8. The van der Waals surface area contributed by atoms with Gasteiger partial charge in [0.25, 0.3) is 5.91 Å². The van der Waals surface area contributed by atoms with E-state index in [4.69, 9.17) is 19.2 Å². The highest BCUT2D eigenvalue weighted by molar-refractivity contribution is 7.10. The van der Waals surface area contributed by atoms with Gasteiger partial charge in [0.05, 0.1) is 23.0 Å². The molecule has 0 spiro atoms. The number of ether oxygens (including phenoxy) is 3. The Balaban J connectivity index is 1.50. The van der Waals surface area contributed by atoms with Crippen molar-refractivity contribution in [1.82, 2.24) is 4.98 Å². The summed E-state index contributed by atoms with van der Waals surface area (Å²) in [6.07, 6.45) is 0.762. The maximum Gasteiger partial charge on any atom is 0.326 e. The third kappa shape index (κ3) is 5.33. The fourth-order valence-electron chi connectivity index (χ4n) is 3.36. The van der Waals surface area contributed by atoms with E-state index in [0.717, 1.165) is 22.7 Å². The minimum absolute atomic E-state index is 0.115. The molecule has 1 aromatic heterocycles. The first-order valence-corrected chi connectivity index (χ1v) is 11.3. The predicted molar refractivity (Wildman–Crippen MR) is 122 cm³/mol. The monoisotopic (exact) mass is 452 g/mol. The highest BCUT2D eigenvalue weighted by atomic mass is 32.1. The van der Waals surface area contributed by atoms with Gasteiger partial charge in [0.1, 0.15) is 18.9 Å². The third-order valence-corrected chi connectivity index (χ3v) is 5.78. The van der Waals surface area contributed by atoms with Gasteiger partial charge in [-0.2, -0.15) is 0 Å². The van der Waals surface area contributed by atoms with Gasteiger partial charge in [-0.25, -0.2) is 4.98 Å². The number of rotatable bonds is 9. The van der Waals surface area contributed by atoms with E-state index in [0.29, 0.717) is 24.7 Å². The Morgan fingerprint density at radius 3 is 2.84 bits per heavy atom. The van der Waals surface area contributed by atoms with Crippen molar-refractivity contribution < 1.29 is 23.8 Å². The number of nitrogens with zero attached hydrogens (tertiary/aromatic N) is 2. The average Bonchev–Trinajstić information content (AvgIpc) is 3.27. The summed E-state index contributed by atoms with van der Waals surface area (Å²) in [5.41, 5.74) is 3.42. The molecular formula is C24H24N2O5S. The predicted octanol–water partition coefficient (Wildman–Crippen LogP) is 3.71. The lowest BCUT2D eigenvalue weighted by atomic mass is 10.1. The Morgan fingerprint density at radius 2 is 2.03 bits per heavy atom. The summed E-state index contributed by atoms with van der Waals surface area (Å²) in [5, 5.41) is 3.00. The molecule has 0 radical (unpaired) electrons. The lowest BCUT2D eigenvalue weighted by Crippen LogP contribution is -2.42. The van der Waals surface area contributed by atoms with Crippen LogP contribution in [0.3, 0.4) is 0 Å². The van der Waals surface area contributed by atoms with Crippen molar-refractivity contribution in [3.63, 3.8) is 0 Å². The smallest absolute Gasteiger partial charge is 0.326 e. The normalized spacial score (nSPS) is 12.9. The van der Waals surface area contributed by atoms with Crippen LogP contribution in [0.15, 0.2) is 53.9 Å². The van der Waals surface area contributed by atoms with Crippen LogP contribution in [0.2, 0.25) is 0 Å². The van der Waals surface area contributed by atoms with E-state index in [1.807, 2.05) is 42.6 Å². The Kier molecular flexibility index (Phi) is 7.14. The minimum atomic E-state index is -0.491. The van der Waals surface area contributed by atoms with Crippen molar-refractivity contribution in [1.29, 1.82) is 0 Å². The molecule has 0 atom stereocenters. The van der Waals surface area contributed by atoms with Gasteiger partial charge >= 0.3 is 5.97 Å².